The van der Waals surface area contributed by atoms with Crippen LogP contribution in [-0.4, -0.2) is 5.16 Å². The Kier molecular flexibility index (Phi) is 2.64. The van der Waals surface area contributed by atoms with Gasteiger partial charge < -0.3 is 4.52 Å². The average molecular weight is 277 g/mol. The second-order valence-electron chi connectivity index (χ2n) is 4.57. The van der Waals surface area contributed by atoms with Gasteiger partial charge in [-0.25, -0.2) is 0 Å². The molecule has 2 aromatic heterocycles. The van der Waals surface area contributed by atoms with Crippen LogP contribution < -0.4 is 0 Å². The Morgan fingerprint density at radius 3 is 2.15 bits per heavy atom. The number of hydrogen-bond donors (Lipinski definition) is 0. The molecule has 0 bridgehead atoms. The molecule has 0 aliphatic heterocycles. The van der Waals surface area contributed by atoms with E-state index >= 15 is 0 Å². The number of thiophene rings is 1. The lowest BCUT2D eigenvalue weighted by molar-refractivity contribution is 0.442. The van der Waals surface area contributed by atoms with Gasteiger partial charge in [0.05, 0.1) is 5.39 Å². The summed E-state index contributed by atoms with van der Waals surface area (Å²) in [5, 5.41) is 5.27. The summed E-state index contributed by atoms with van der Waals surface area (Å²) >= 11 is 1.66. The molecule has 0 spiro atoms. The van der Waals surface area contributed by atoms with Crippen LogP contribution in [-0.2, 0) is 0 Å². The summed E-state index contributed by atoms with van der Waals surface area (Å²) < 4.78 is 5.49. The maximum atomic E-state index is 5.49. The Balaban J connectivity index is 1.88. The van der Waals surface area contributed by atoms with Crippen LogP contribution in [0.4, 0.5) is 0 Å². The summed E-state index contributed by atoms with van der Waals surface area (Å²) in [5.41, 5.74) is 2.28. The van der Waals surface area contributed by atoms with Crippen molar-refractivity contribution in [1.82, 2.24) is 5.16 Å². The van der Waals surface area contributed by atoms with Crippen LogP contribution in [0.1, 0.15) is 0 Å². The first kappa shape index (κ1) is 11.4. The first-order chi connectivity index (χ1) is 9.92. The SMILES string of the molecule is c1ccc(-c2cc3c(-c4ccccc4)onc3s2)cc1. The fraction of sp³-hybridized carbons (Fsp3) is 0. The van der Waals surface area contributed by atoms with E-state index in [-0.39, 0.29) is 0 Å². The number of hydrogen-bond acceptors (Lipinski definition) is 3. The fourth-order valence-corrected chi connectivity index (χ4v) is 3.27. The third-order valence-corrected chi connectivity index (χ3v) is 4.33. The molecule has 2 heterocycles. The average Bonchev–Trinajstić information content (AvgIpc) is 3.09. The molecule has 0 unspecified atom stereocenters. The highest BCUT2D eigenvalue weighted by atomic mass is 32.1. The molecule has 96 valence electrons. The van der Waals surface area contributed by atoms with Gasteiger partial charge in [-0.15, -0.1) is 11.3 Å². The number of nitrogens with zero attached hydrogens (tertiary/aromatic N) is 1. The van der Waals surface area contributed by atoms with E-state index in [1.165, 1.54) is 10.4 Å². The summed E-state index contributed by atoms with van der Waals surface area (Å²) in [5.74, 6) is 0.846. The van der Waals surface area contributed by atoms with Gasteiger partial charge in [-0.3, -0.25) is 0 Å². The predicted molar refractivity (Wildman–Crippen MR) is 82.8 cm³/mol. The van der Waals surface area contributed by atoms with Crippen molar-refractivity contribution in [3.05, 3.63) is 66.7 Å². The minimum absolute atomic E-state index is 0.846. The minimum atomic E-state index is 0.846. The third kappa shape index (κ3) is 1.84. The van der Waals surface area contributed by atoms with Crippen LogP contribution >= 0.6 is 11.3 Å². The lowest BCUT2D eigenvalue weighted by Gasteiger charge is -1.95. The van der Waals surface area contributed by atoms with Crippen molar-refractivity contribution in [3.8, 4) is 21.8 Å². The summed E-state index contributed by atoms with van der Waals surface area (Å²) in [6, 6.07) is 22.6. The molecule has 0 saturated carbocycles. The number of fused-ring (bicyclic) bond motifs is 1. The van der Waals surface area contributed by atoms with Crippen LogP contribution in [0.3, 0.4) is 0 Å². The molecule has 0 aliphatic carbocycles. The largest absolute Gasteiger partial charge is 0.354 e. The number of benzene rings is 2. The van der Waals surface area contributed by atoms with Crippen LogP contribution in [0.5, 0.6) is 0 Å². The first-order valence-corrected chi connectivity index (χ1v) is 7.23. The predicted octanol–water partition coefficient (Wildman–Crippen LogP) is 5.22. The van der Waals surface area contributed by atoms with E-state index in [0.717, 1.165) is 21.5 Å². The van der Waals surface area contributed by atoms with Gasteiger partial charge in [0, 0.05) is 10.4 Å². The molecule has 0 amide bonds. The molecule has 0 radical (unpaired) electrons. The van der Waals surface area contributed by atoms with Gasteiger partial charge >= 0.3 is 0 Å². The zero-order valence-electron chi connectivity index (χ0n) is 10.6. The lowest BCUT2D eigenvalue weighted by atomic mass is 10.1. The monoisotopic (exact) mass is 277 g/mol. The molecule has 3 heteroatoms. The van der Waals surface area contributed by atoms with E-state index in [9.17, 15) is 0 Å². The van der Waals surface area contributed by atoms with Crippen molar-refractivity contribution in [3.63, 3.8) is 0 Å². The summed E-state index contributed by atoms with van der Waals surface area (Å²) in [6.07, 6.45) is 0. The molecular weight excluding hydrogens is 266 g/mol. The van der Waals surface area contributed by atoms with Gasteiger partial charge in [-0.1, -0.05) is 65.8 Å². The van der Waals surface area contributed by atoms with Crippen molar-refractivity contribution in [2.45, 2.75) is 0 Å². The molecule has 2 nitrogen and oxygen atoms in total. The highest BCUT2D eigenvalue weighted by Gasteiger charge is 2.14. The molecule has 4 rings (SSSR count). The Labute approximate surface area is 120 Å². The van der Waals surface area contributed by atoms with Crippen molar-refractivity contribution >= 4 is 21.6 Å². The fourth-order valence-electron chi connectivity index (χ4n) is 2.29. The Morgan fingerprint density at radius 1 is 0.800 bits per heavy atom. The molecule has 2 aromatic carbocycles. The second kappa shape index (κ2) is 4.62. The van der Waals surface area contributed by atoms with Crippen LogP contribution in [0.25, 0.3) is 32.0 Å². The van der Waals surface area contributed by atoms with Crippen LogP contribution in [0, 0.1) is 0 Å². The number of rotatable bonds is 2. The molecule has 20 heavy (non-hydrogen) atoms. The van der Waals surface area contributed by atoms with E-state index in [1.54, 1.807) is 11.3 Å². The Hall–Kier alpha value is -2.39. The molecular formula is C17H11NOS. The maximum Gasteiger partial charge on any atom is 0.175 e. The highest BCUT2D eigenvalue weighted by Crippen LogP contribution is 2.38. The summed E-state index contributed by atoms with van der Waals surface area (Å²) in [7, 11) is 0. The standard InChI is InChI=1S/C17H11NOS/c1-3-7-12(8-4-1)15-11-14-16(19-18-17(14)20-15)13-9-5-2-6-10-13/h1-11H. The number of aromatic nitrogens is 1. The van der Waals surface area contributed by atoms with Gasteiger partial charge in [0.25, 0.3) is 0 Å². The van der Waals surface area contributed by atoms with E-state index in [1.807, 2.05) is 36.4 Å². The molecule has 0 N–H and O–H groups in total. The highest BCUT2D eigenvalue weighted by molar-refractivity contribution is 7.21. The third-order valence-electron chi connectivity index (χ3n) is 3.27. The smallest absolute Gasteiger partial charge is 0.175 e. The van der Waals surface area contributed by atoms with Gasteiger partial charge in [0.1, 0.15) is 0 Å². The minimum Gasteiger partial charge on any atom is -0.354 e. The molecule has 4 aromatic rings. The molecule has 0 atom stereocenters. The normalized spacial score (nSPS) is 11.0. The lowest BCUT2D eigenvalue weighted by Crippen LogP contribution is -1.73. The van der Waals surface area contributed by atoms with Crippen molar-refractivity contribution in [1.29, 1.82) is 0 Å². The quantitative estimate of drug-likeness (QED) is 0.502. The zero-order chi connectivity index (χ0) is 13.4. The van der Waals surface area contributed by atoms with Crippen LogP contribution in [0.15, 0.2) is 71.3 Å². The second-order valence-corrected chi connectivity index (χ2v) is 5.60. The molecule has 0 fully saturated rings. The van der Waals surface area contributed by atoms with Gasteiger partial charge in [-0.05, 0) is 11.6 Å². The topological polar surface area (TPSA) is 26.0 Å². The maximum absolute atomic E-state index is 5.49. The summed E-state index contributed by atoms with van der Waals surface area (Å²) in [6.45, 7) is 0. The van der Waals surface area contributed by atoms with Crippen molar-refractivity contribution < 1.29 is 4.52 Å². The van der Waals surface area contributed by atoms with Gasteiger partial charge in [-0.2, -0.15) is 0 Å². The van der Waals surface area contributed by atoms with Gasteiger partial charge in [0.15, 0.2) is 10.6 Å². The van der Waals surface area contributed by atoms with E-state index in [2.05, 4.69) is 35.5 Å². The molecule has 0 aliphatic rings. The Bertz CT molecular complexity index is 846. The van der Waals surface area contributed by atoms with E-state index in [0.29, 0.717) is 0 Å². The summed E-state index contributed by atoms with van der Waals surface area (Å²) in [4.78, 5) is 2.17. The van der Waals surface area contributed by atoms with Crippen molar-refractivity contribution in [2.75, 3.05) is 0 Å². The first-order valence-electron chi connectivity index (χ1n) is 6.42. The Morgan fingerprint density at radius 2 is 1.45 bits per heavy atom. The van der Waals surface area contributed by atoms with E-state index < -0.39 is 0 Å². The van der Waals surface area contributed by atoms with Crippen molar-refractivity contribution in [2.24, 2.45) is 0 Å². The molecule has 0 saturated heterocycles. The van der Waals surface area contributed by atoms with Crippen LogP contribution in [0.2, 0.25) is 0 Å². The van der Waals surface area contributed by atoms with Gasteiger partial charge in [0.2, 0.25) is 0 Å². The van der Waals surface area contributed by atoms with E-state index in [4.69, 9.17) is 4.52 Å². The zero-order valence-corrected chi connectivity index (χ0v) is 11.4.